The summed E-state index contributed by atoms with van der Waals surface area (Å²) in [5, 5.41) is 16.6. The van der Waals surface area contributed by atoms with Gasteiger partial charge in [0.1, 0.15) is 0 Å². The Balaban J connectivity index is 2.01. The van der Waals surface area contributed by atoms with E-state index < -0.39 is 5.97 Å². The van der Waals surface area contributed by atoms with Crippen molar-refractivity contribution < 1.29 is 9.90 Å². The molecule has 0 aromatic heterocycles. The normalized spacial score (nSPS) is 17.5. The molecule has 3 rings (SSSR count). The average molecular weight is 357 g/mol. The van der Waals surface area contributed by atoms with Gasteiger partial charge in [-0.3, -0.25) is 5.01 Å². The molecule has 2 aromatic rings. The number of halogens is 1. The van der Waals surface area contributed by atoms with Gasteiger partial charge < -0.3 is 5.11 Å². The number of carboxylic acids is 1. The predicted molar refractivity (Wildman–Crippen MR) is 102 cm³/mol. The third-order valence-corrected chi connectivity index (χ3v) is 4.62. The van der Waals surface area contributed by atoms with Gasteiger partial charge in [0, 0.05) is 22.6 Å². The number of rotatable bonds is 3. The second-order valence-corrected chi connectivity index (χ2v) is 7.70. The van der Waals surface area contributed by atoms with E-state index >= 15 is 0 Å². The van der Waals surface area contributed by atoms with Crippen LogP contribution in [0.1, 0.15) is 49.2 Å². The molecule has 0 bridgehead atoms. The molecular formula is C20H21ClN2O2. The maximum Gasteiger partial charge on any atom is 0.335 e. The maximum atomic E-state index is 11.1. The van der Waals surface area contributed by atoms with Gasteiger partial charge in [0.15, 0.2) is 0 Å². The van der Waals surface area contributed by atoms with Crippen LogP contribution < -0.4 is 5.01 Å². The van der Waals surface area contributed by atoms with E-state index in [1.54, 1.807) is 24.3 Å². The quantitative estimate of drug-likeness (QED) is 0.801. The van der Waals surface area contributed by atoms with Crippen molar-refractivity contribution in [3.63, 3.8) is 0 Å². The highest BCUT2D eigenvalue weighted by atomic mass is 35.5. The molecular weight excluding hydrogens is 336 g/mol. The van der Waals surface area contributed by atoms with E-state index in [1.807, 2.05) is 23.2 Å². The fourth-order valence-corrected chi connectivity index (χ4v) is 3.13. The Morgan fingerprint density at radius 3 is 2.44 bits per heavy atom. The number of hydrogen-bond donors (Lipinski definition) is 1. The second-order valence-electron chi connectivity index (χ2n) is 7.27. The van der Waals surface area contributed by atoms with Gasteiger partial charge >= 0.3 is 5.97 Å². The van der Waals surface area contributed by atoms with Gasteiger partial charge in [-0.2, -0.15) is 5.10 Å². The van der Waals surface area contributed by atoms with E-state index in [0.29, 0.717) is 5.02 Å². The van der Waals surface area contributed by atoms with Crippen LogP contribution >= 0.6 is 11.6 Å². The van der Waals surface area contributed by atoms with Crippen molar-refractivity contribution in [2.45, 2.75) is 33.2 Å². The first kappa shape index (κ1) is 17.5. The number of nitrogens with zero attached hydrogens (tertiary/aromatic N) is 2. The van der Waals surface area contributed by atoms with Crippen LogP contribution in [0.25, 0.3) is 0 Å². The van der Waals surface area contributed by atoms with Crippen molar-refractivity contribution in [2.75, 3.05) is 5.01 Å². The van der Waals surface area contributed by atoms with Crippen LogP contribution in [-0.2, 0) is 0 Å². The smallest absolute Gasteiger partial charge is 0.335 e. The molecule has 130 valence electrons. The Morgan fingerprint density at radius 2 is 1.88 bits per heavy atom. The minimum absolute atomic E-state index is 0.0351. The van der Waals surface area contributed by atoms with Crippen molar-refractivity contribution in [3.05, 3.63) is 64.7 Å². The molecule has 1 aliphatic rings. The van der Waals surface area contributed by atoms with Crippen molar-refractivity contribution in [1.82, 2.24) is 0 Å². The number of hydrazone groups is 1. The minimum Gasteiger partial charge on any atom is -0.478 e. The highest BCUT2D eigenvalue weighted by molar-refractivity contribution is 6.30. The molecule has 0 fully saturated rings. The highest BCUT2D eigenvalue weighted by Gasteiger charge is 2.34. The summed E-state index contributed by atoms with van der Waals surface area (Å²) in [4.78, 5) is 11.1. The summed E-state index contributed by atoms with van der Waals surface area (Å²) in [6.07, 6.45) is 0.810. The molecule has 0 saturated heterocycles. The Hall–Kier alpha value is -2.33. The Bertz CT molecular complexity index is 822. The number of carboxylic acid groups (broad SMARTS) is 1. The topological polar surface area (TPSA) is 52.9 Å². The van der Waals surface area contributed by atoms with Gasteiger partial charge in [-0.05, 0) is 42.0 Å². The van der Waals surface area contributed by atoms with E-state index in [1.165, 1.54) is 0 Å². The predicted octanol–water partition coefficient (Wildman–Crippen LogP) is 5.39. The summed E-state index contributed by atoms with van der Waals surface area (Å²) in [5.74, 6) is -0.932. The highest BCUT2D eigenvalue weighted by Crippen LogP contribution is 2.39. The van der Waals surface area contributed by atoms with Crippen LogP contribution in [-0.4, -0.2) is 16.8 Å². The molecule has 5 heteroatoms. The lowest BCUT2D eigenvalue weighted by atomic mass is 9.86. The first-order valence-corrected chi connectivity index (χ1v) is 8.59. The number of anilines is 1. The Kier molecular flexibility index (Phi) is 4.56. The molecule has 1 N–H and O–H groups in total. The number of benzene rings is 2. The van der Waals surface area contributed by atoms with Gasteiger partial charge in [-0.1, -0.05) is 44.5 Å². The van der Waals surface area contributed by atoms with Gasteiger partial charge in [0.25, 0.3) is 0 Å². The fraction of sp³-hybridized carbons (Fsp3) is 0.300. The average Bonchev–Trinajstić information content (AvgIpc) is 3.00. The number of hydrogen-bond acceptors (Lipinski definition) is 3. The van der Waals surface area contributed by atoms with Crippen molar-refractivity contribution in [2.24, 2.45) is 10.5 Å². The van der Waals surface area contributed by atoms with Crippen molar-refractivity contribution in [3.8, 4) is 0 Å². The molecule has 1 unspecified atom stereocenters. The van der Waals surface area contributed by atoms with Crippen LogP contribution in [0.4, 0.5) is 5.69 Å². The summed E-state index contributed by atoms with van der Waals surface area (Å²) in [6, 6.07) is 14.7. The van der Waals surface area contributed by atoms with Gasteiger partial charge in [-0.15, -0.1) is 0 Å². The SMILES string of the molecule is CC(C)(C)C1=NN(c2ccc(C(=O)O)cc2)C(c2cccc(Cl)c2)C1. The summed E-state index contributed by atoms with van der Waals surface area (Å²) >= 11 is 6.18. The molecule has 2 aromatic carbocycles. The third kappa shape index (κ3) is 3.69. The minimum atomic E-state index is -0.932. The summed E-state index contributed by atoms with van der Waals surface area (Å²) in [5.41, 5.74) is 3.31. The molecule has 0 aliphatic carbocycles. The molecule has 1 aliphatic heterocycles. The molecule has 0 amide bonds. The molecule has 1 atom stereocenters. The number of carbonyl (C=O) groups is 1. The zero-order valence-corrected chi connectivity index (χ0v) is 15.3. The first-order chi connectivity index (χ1) is 11.8. The lowest BCUT2D eigenvalue weighted by Gasteiger charge is -2.24. The van der Waals surface area contributed by atoms with Crippen LogP contribution in [0.2, 0.25) is 5.02 Å². The van der Waals surface area contributed by atoms with Crippen LogP contribution in [0.15, 0.2) is 53.6 Å². The third-order valence-electron chi connectivity index (χ3n) is 4.39. The van der Waals surface area contributed by atoms with Crippen LogP contribution in [0.5, 0.6) is 0 Å². The van der Waals surface area contributed by atoms with Crippen LogP contribution in [0.3, 0.4) is 0 Å². The Labute approximate surface area is 152 Å². The standard InChI is InChI=1S/C20H21ClN2O2/c1-20(2,3)18-12-17(14-5-4-6-15(21)11-14)23(22-18)16-9-7-13(8-10-16)19(24)25/h4-11,17H,12H2,1-3H3,(H,24,25). The molecule has 25 heavy (non-hydrogen) atoms. The zero-order valence-electron chi connectivity index (χ0n) is 14.5. The largest absolute Gasteiger partial charge is 0.478 e. The fourth-order valence-electron chi connectivity index (χ4n) is 2.93. The van der Waals surface area contributed by atoms with E-state index in [2.05, 4.69) is 26.8 Å². The molecule has 1 heterocycles. The van der Waals surface area contributed by atoms with Gasteiger partial charge in [0.2, 0.25) is 0 Å². The van der Waals surface area contributed by atoms with Crippen molar-refractivity contribution in [1.29, 1.82) is 0 Å². The zero-order chi connectivity index (χ0) is 18.2. The lowest BCUT2D eigenvalue weighted by Crippen LogP contribution is -2.19. The molecule has 0 saturated carbocycles. The maximum absolute atomic E-state index is 11.1. The summed E-state index contributed by atoms with van der Waals surface area (Å²) in [7, 11) is 0. The second kappa shape index (κ2) is 6.52. The molecule has 0 radical (unpaired) electrons. The number of aromatic carboxylic acids is 1. The van der Waals surface area contributed by atoms with E-state index in [-0.39, 0.29) is 17.0 Å². The molecule has 0 spiro atoms. The Morgan fingerprint density at radius 1 is 1.20 bits per heavy atom. The summed E-state index contributed by atoms with van der Waals surface area (Å²) in [6.45, 7) is 6.45. The first-order valence-electron chi connectivity index (χ1n) is 8.22. The van der Waals surface area contributed by atoms with Gasteiger partial charge in [0.05, 0.1) is 17.3 Å². The van der Waals surface area contributed by atoms with Crippen LogP contribution in [0, 0.1) is 5.41 Å². The lowest BCUT2D eigenvalue weighted by molar-refractivity contribution is 0.0697. The monoisotopic (exact) mass is 356 g/mol. The summed E-state index contributed by atoms with van der Waals surface area (Å²) < 4.78 is 0. The van der Waals surface area contributed by atoms with E-state index in [0.717, 1.165) is 23.4 Å². The van der Waals surface area contributed by atoms with E-state index in [4.69, 9.17) is 21.8 Å². The van der Waals surface area contributed by atoms with Crippen molar-refractivity contribution >= 4 is 29.0 Å². The van der Waals surface area contributed by atoms with Gasteiger partial charge in [-0.25, -0.2) is 4.79 Å². The molecule has 4 nitrogen and oxygen atoms in total. The van der Waals surface area contributed by atoms with E-state index in [9.17, 15) is 4.79 Å².